The molecule has 0 heterocycles. The summed E-state index contributed by atoms with van der Waals surface area (Å²) < 4.78 is 18.6. The molecule has 0 unspecified atom stereocenters. The van der Waals surface area contributed by atoms with Crippen molar-refractivity contribution in [2.24, 2.45) is 5.92 Å². The second-order valence-electron chi connectivity index (χ2n) is 5.95. The van der Waals surface area contributed by atoms with Crippen molar-refractivity contribution >= 4 is 5.91 Å². The normalized spacial score (nSPS) is 12.0. The van der Waals surface area contributed by atoms with E-state index >= 15 is 0 Å². The Bertz CT molecular complexity index is 653. The van der Waals surface area contributed by atoms with Crippen LogP contribution in [0.15, 0.2) is 48.5 Å². The zero-order valence-electron chi connectivity index (χ0n) is 13.7. The number of rotatable bonds is 6. The number of nitrogens with one attached hydrogen (secondary N) is 1. The highest BCUT2D eigenvalue weighted by Crippen LogP contribution is 2.22. The van der Waals surface area contributed by atoms with Gasteiger partial charge in [0.15, 0.2) is 6.61 Å². The van der Waals surface area contributed by atoms with Gasteiger partial charge in [-0.15, -0.1) is 0 Å². The van der Waals surface area contributed by atoms with Crippen LogP contribution in [0.4, 0.5) is 4.39 Å². The average molecular weight is 315 g/mol. The van der Waals surface area contributed by atoms with E-state index in [9.17, 15) is 9.18 Å². The van der Waals surface area contributed by atoms with Crippen LogP contribution in [0.1, 0.15) is 31.0 Å². The van der Waals surface area contributed by atoms with Gasteiger partial charge in [-0.05, 0) is 48.2 Å². The lowest BCUT2D eigenvalue weighted by Gasteiger charge is -2.23. The van der Waals surface area contributed by atoms with Gasteiger partial charge in [0.05, 0.1) is 6.04 Å². The molecule has 0 aliphatic heterocycles. The number of benzene rings is 2. The van der Waals surface area contributed by atoms with Crippen LogP contribution < -0.4 is 10.1 Å². The zero-order valence-corrected chi connectivity index (χ0v) is 13.7. The lowest BCUT2D eigenvalue weighted by Crippen LogP contribution is -2.35. The smallest absolute Gasteiger partial charge is 0.258 e. The molecule has 0 aliphatic carbocycles. The van der Waals surface area contributed by atoms with Crippen LogP contribution in [0, 0.1) is 18.7 Å². The number of amides is 1. The predicted molar refractivity (Wildman–Crippen MR) is 88.8 cm³/mol. The minimum atomic E-state index is -0.287. The molecular weight excluding hydrogens is 293 g/mol. The molecule has 1 amide bonds. The molecule has 0 spiro atoms. The SMILES string of the molecule is Cc1cccc(OCC(=O)N[C@H](c2ccc(F)cc2)C(C)C)c1. The minimum Gasteiger partial charge on any atom is -0.484 e. The summed E-state index contributed by atoms with van der Waals surface area (Å²) in [5.41, 5.74) is 1.96. The van der Waals surface area contributed by atoms with Crippen molar-refractivity contribution in [1.29, 1.82) is 0 Å². The molecular formula is C19H22FNO2. The lowest BCUT2D eigenvalue weighted by molar-refractivity contribution is -0.124. The molecule has 0 saturated carbocycles. The van der Waals surface area contributed by atoms with Gasteiger partial charge in [-0.1, -0.05) is 38.1 Å². The first-order valence-corrected chi connectivity index (χ1v) is 7.70. The molecule has 0 bridgehead atoms. The number of aryl methyl sites for hydroxylation is 1. The van der Waals surface area contributed by atoms with Crippen LogP contribution in [-0.2, 0) is 4.79 Å². The van der Waals surface area contributed by atoms with Crippen LogP contribution in [0.5, 0.6) is 5.75 Å². The Morgan fingerprint density at radius 2 is 1.87 bits per heavy atom. The molecule has 1 N–H and O–H groups in total. The van der Waals surface area contributed by atoms with Gasteiger partial charge in [-0.25, -0.2) is 4.39 Å². The summed E-state index contributed by atoms with van der Waals surface area (Å²) in [5.74, 6) is 0.367. The highest BCUT2D eigenvalue weighted by Gasteiger charge is 2.18. The standard InChI is InChI=1S/C19H22FNO2/c1-13(2)19(15-7-9-16(20)10-8-15)21-18(22)12-23-17-6-4-5-14(3)11-17/h4-11,13,19H,12H2,1-3H3,(H,21,22)/t19-/m0/s1. The quantitative estimate of drug-likeness (QED) is 0.874. The van der Waals surface area contributed by atoms with Crippen molar-refractivity contribution < 1.29 is 13.9 Å². The molecule has 2 aromatic rings. The van der Waals surface area contributed by atoms with Crippen LogP contribution in [0.25, 0.3) is 0 Å². The van der Waals surface area contributed by atoms with E-state index in [1.807, 2.05) is 45.0 Å². The summed E-state index contributed by atoms with van der Waals surface area (Å²) in [6.45, 7) is 5.94. The van der Waals surface area contributed by atoms with Crippen molar-refractivity contribution in [3.8, 4) is 5.75 Å². The molecule has 2 rings (SSSR count). The van der Waals surface area contributed by atoms with Gasteiger partial charge in [0, 0.05) is 0 Å². The van der Waals surface area contributed by atoms with Gasteiger partial charge in [0.1, 0.15) is 11.6 Å². The van der Waals surface area contributed by atoms with Gasteiger partial charge in [-0.2, -0.15) is 0 Å². The topological polar surface area (TPSA) is 38.3 Å². The van der Waals surface area contributed by atoms with Gasteiger partial charge in [-0.3, -0.25) is 4.79 Å². The molecule has 0 saturated heterocycles. The van der Waals surface area contributed by atoms with Crippen LogP contribution >= 0.6 is 0 Å². The fourth-order valence-electron chi connectivity index (χ4n) is 2.37. The van der Waals surface area contributed by atoms with Gasteiger partial charge >= 0.3 is 0 Å². The summed E-state index contributed by atoms with van der Waals surface area (Å²) in [5, 5.41) is 2.95. The van der Waals surface area contributed by atoms with Crippen LogP contribution in [0.3, 0.4) is 0 Å². The molecule has 0 aliphatic rings. The van der Waals surface area contributed by atoms with E-state index in [4.69, 9.17) is 4.74 Å². The van der Waals surface area contributed by atoms with Crippen molar-refractivity contribution in [3.63, 3.8) is 0 Å². The maximum atomic E-state index is 13.0. The van der Waals surface area contributed by atoms with E-state index in [1.54, 1.807) is 12.1 Å². The first-order valence-electron chi connectivity index (χ1n) is 7.70. The molecule has 2 aromatic carbocycles. The van der Waals surface area contributed by atoms with Crippen LogP contribution in [-0.4, -0.2) is 12.5 Å². The highest BCUT2D eigenvalue weighted by atomic mass is 19.1. The third kappa shape index (κ3) is 5.09. The summed E-state index contributed by atoms with van der Waals surface area (Å²) >= 11 is 0. The maximum absolute atomic E-state index is 13.0. The van der Waals surface area contributed by atoms with Crippen LogP contribution in [0.2, 0.25) is 0 Å². The average Bonchev–Trinajstić information content (AvgIpc) is 2.51. The second-order valence-corrected chi connectivity index (χ2v) is 5.95. The van der Waals surface area contributed by atoms with Gasteiger partial charge in [0.25, 0.3) is 5.91 Å². The molecule has 23 heavy (non-hydrogen) atoms. The molecule has 0 radical (unpaired) electrons. The first-order chi connectivity index (χ1) is 11.0. The van der Waals surface area contributed by atoms with Gasteiger partial charge < -0.3 is 10.1 Å². The molecule has 3 nitrogen and oxygen atoms in total. The zero-order chi connectivity index (χ0) is 16.8. The lowest BCUT2D eigenvalue weighted by atomic mass is 9.96. The fourth-order valence-corrected chi connectivity index (χ4v) is 2.37. The highest BCUT2D eigenvalue weighted by molar-refractivity contribution is 5.78. The van der Waals surface area contributed by atoms with E-state index in [1.165, 1.54) is 12.1 Å². The van der Waals surface area contributed by atoms with Crippen molar-refractivity contribution in [3.05, 3.63) is 65.5 Å². The number of carbonyl (C=O) groups is 1. The Kier molecular flexibility index (Phi) is 5.74. The fraction of sp³-hybridized carbons (Fsp3) is 0.316. The Morgan fingerprint density at radius 1 is 1.17 bits per heavy atom. The predicted octanol–water partition coefficient (Wildman–Crippen LogP) is 4.03. The first kappa shape index (κ1) is 17.0. The molecule has 0 fully saturated rings. The minimum absolute atomic E-state index is 0.0477. The Hall–Kier alpha value is -2.36. The van der Waals surface area contributed by atoms with Gasteiger partial charge in [0.2, 0.25) is 0 Å². The van der Waals surface area contributed by atoms with Crippen molar-refractivity contribution in [2.45, 2.75) is 26.8 Å². The second kappa shape index (κ2) is 7.77. The number of hydrogen-bond acceptors (Lipinski definition) is 2. The largest absolute Gasteiger partial charge is 0.484 e. The van der Waals surface area contributed by atoms with E-state index in [0.29, 0.717) is 5.75 Å². The third-order valence-corrected chi connectivity index (χ3v) is 3.57. The summed E-state index contributed by atoms with van der Waals surface area (Å²) in [6, 6.07) is 13.6. The molecule has 122 valence electrons. The maximum Gasteiger partial charge on any atom is 0.258 e. The van der Waals surface area contributed by atoms with E-state index in [2.05, 4.69) is 5.32 Å². The number of halogens is 1. The van der Waals surface area contributed by atoms with Crippen molar-refractivity contribution in [1.82, 2.24) is 5.32 Å². The molecule has 4 heteroatoms. The number of carbonyl (C=O) groups excluding carboxylic acids is 1. The van der Waals surface area contributed by atoms with E-state index < -0.39 is 0 Å². The molecule has 1 atom stereocenters. The Labute approximate surface area is 136 Å². The van der Waals surface area contributed by atoms with E-state index in [0.717, 1.165) is 11.1 Å². The Morgan fingerprint density at radius 3 is 2.48 bits per heavy atom. The Balaban J connectivity index is 1.97. The summed E-state index contributed by atoms with van der Waals surface area (Å²) in [6.07, 6.45) is 0. The monoisotopic (exact) mass is 315 g/mol. The van der Waals surface area contributed by atoms with E-state index in [-0.39, 0.29) is 30.3 Å². The number of hydrogen-bond donors (Lipinski definition) is 1. The number of ether oxygens (including phenoxy) is 1. The third-order valence-electron chi connectivity index (χ3n) is 3.57. The molecule has 0 aromatic heterocycles. The summed E-state index contributed by atoms with van der Waals surface area (Å²) in [4.78, 5) is 12.1. The summed E-state index contributed by atoms with van der Waals surface area (Å²) in [7, 11) is 0. The van der Waals surface area contributed by atoms with Crippen molar-refractivity contribution in [2.75, 3.05) is 6.61 Å².